The van der Waals surface area contributed by atoms with Gasteiger partial charge >= 0.3 is 5.97 Å². The maximum absolute atomic E-state index is 10.6. The number of rotatable bonds is 1. The molecule has 12 heavy (non-hydrogen) atoms. The monoisotopic (exact) mass is 170 g/mol. The Morgan fingerprint density at radius 2 is 2.42 bits per heavy atom. The van der Waals surface area contributed by atoms with Crippen molar-refractivity contribution in [3.05, 3.63) is 0 Å². The molecule has 0 radical (unpaired) electrons. The third-order valence-corrected chi connectivity index (χ3v) is 2.47. The first kappa shape index (κ1) is 7.54. The van der Waals surface area contributed by atoms with E-state index in [1.165, 1.54) is 0 Å². The first-order chi connectivity index (χ1) is 5.70. The molecule has 1 heterocycles. The summed E-state index contributed by atoms with van der Waals surface area (Å²) < 4.78 is 0. The van der Waals surface area contributed by atoms with Crippen molar-refractivity contribution in [2.24, 2.45) is 16.8 Å². The zero-order valence-corrected chi connectivity index (χ0v) is 6.43. The van der Waals surface area contributed by atoms with Crippen LogP contribution in [0.15, 0.2) is 5.16 Å². The summed E-state index contributed by atoms with van der Waals surface area (Å²) in [4.78, 5) is 15.6. The largest absolute Gasteiger partial charge is 0.477 e. The van der Waals surface area contributed by atoms with Gasteiger partial charge < -0.3 is 15.7 Å². The fourth-order valence-corrected chi connectivity index (χ4v) is 1.86. The molecule has 0 amide bonds. The predicted molar refractivity (Wildman–Crippen MR) is 40.6 cm³/mol. The van der Waals surface area contributed by atoms with Crippen LogP contribution in [0.4, 0.5) is 0 Å². The predicted octanol–water partition coefficient (Wildman–Crippen LogP) is -0.437. The summed E-state index contributed by atoms with van der Waals surface area (Å²) in [6.45, 7) is 0. The number of nitrogens with two attached hydrogens (primary N) is 1. The molecule has 0 aromatic rings. The molecule has 2 rings (SSSR count). The summed E-state index contributed by atoms with van der Waals surface area (Å²) >= 11 is 0. The van der Waals surface area contributed by atoms with Crippen LogP contribution in [-0.2, 0) is 9.63 Å². The quantitative estimate of drug-likeness (QED) is 0.558. The highest BCUT2D eigenvalue weighted by Gasteiger charge is 2.46. The Bertz CT molecular complexity index is 251. The number of hydrogen-bond acceptors (Lipinski definition) is 4. The number of carbonyl (C=O) groups is 1. The number of aliphatic carboxylic acids is 1. The van der Waals surface area contributed by atoms with E-state index in [0.29, 0.717) is 0 Å². The number of fused-ring (bicyclic) bond motifs is 1. The topological polar surface area (TPSA) is 84.9 Å². The van der Waals surface area contributed by atoms with Gasteiger partial charge in [-0.25, -0.2) is 4.79 Å². The van der Waals surface area contributed by atoms with E-state index in [-0.39, 0.29) is 23.8 Å². The van der Waals surface area contributed by atoms with E-state index in [0.717, 1.165) is 12.8 Å². The Labute approximate surface area is 69.2 Å². The van der Waals surface area contributed by atoms with Crippen LogP contribution in [0.5, 0.6) is 0 Å². The molecule has 3 N–H and O–H groups in total. The Hall–Kier alpha value is -1.10. The minimum atomic E-state index is -1.01. The highest BCUT2D eigenvalue weighted by molar-refractivity contribution is 6.37. The first-order valence-corrected chi connectivity index (χ1v) is 3.92. The van der Waals surface area contributed by atoms with Crippen molar-refractivity contribution in [1.82, 2.24) is 0 Å². The van der Waals surface area contributed by atoms with Gasteiger partial charge in [0.25, 0.3) is 0 Å². The fraction of sp³-hybridized carbons (Fsp3) is 0.714. The number of hydrogen-bond donors (Lipinski definition) is 2. The zero-order chi connectivity index (χ0) is 8.72. The van der Waals surface area contributed by atoms with E-state index in [1.807, 2.05) is 0 Å². The van der Waals surface area contributed by atoms with Gasteiger partial charge in [-0.15, -0.1) is 0 Å². The van der Waals surface area contributed by atoms with Crippen molar-refractivity contribution in [2.45, 2.75) is 25.0 Å². The molecule has 2 aliphatic rings. The lowest BCUT2D eigenvalue weighted by atomic mass is 9.97. The Balaban J connectivity index is 2.22. The molecule has 1 aliphatic heterocycles. The summed E-state index contributed by atoms with van der Waals surface area (Å²) in [5.41, 5.74) is 5.81. The van der Waals surface area contributed by atoms with Crippen LogP contribution in [0.1, 0.15) is 12.8 Å². The van der Waals surface area contributed by atoms with E-state index in [1.54, 1.807) is 0 Å². The van der Waals surface area contributed by atoms with Crippen LogP contribution >= 0.6 is 0 Å². The fourth-order valence-electron chi connectivity index (χ4n) is 1.86. The van der Waals surface area contributed by atoms with Crippen molar-refractivity contribution < 1.29 is 14.7 Å². The lowest BCUT2D eigenvalue weighted by molar-refractivity contribution is -0.129. The van der Waals surface area contributed by atoms with Crippen molar-refractivity contribution in [2.75, 3.05) is 0 Å². The van der Waals surface area contributed by atoms with Crippen molar-refractivity contribution in [3.8, 4) is 0 Å². The van der Waals surface area contributed by atoms with Gasteiger partial charge in [-0.1, -0.05) is 5.16 Å². The molecular formula is C7H10N2O3. The van der Waals surface area contributed by atoms with Crippen LogP contribution in [0, 0.1) is 5.92 Å². The molecular weight excluding hydrogens is 160 g/mol. The minimum absolute atomic E-state index is 0.0880. The molecule has 5 nitrogen and oxygen atoms in total. The third kappa shape index (κ3) is 0.896. The Morgan fingerprint density at radius 1 is 1.67 bits per heavy atom. The highest BCUT2D eigenvalue weighted by Crippen LogP contribution is 2.33. The molecule has 0 spiro atoms. The molecule has 66 valence electrons. The van der Waals surface area contributed by atoms with Crippen LogP contribution in [0.25, 0.3) is 0 Å². The lowest BCUT2D eigenvalue weighted by Gasteiger charge is -2.10. The summed E-state index contributed by atoms with van der Waals surface area (Å²) in [7, 11) is 0. The van der Waals surface area contributed by atoms with Crippen LogP contribution in [0.2, 0.25) is 0 Å². The molecule has 0 unspecified atom stereocenters. The maximum Gasteiger partial charge on any atom is 0.354 e. The molecule has 3 atom stereocenters. The molecule has 0 bridgehead atoms. The van der Waals surface area contributed by atoms with Gasteiger partial charge in [0.2, 0.25) is 0 Å². The second-order valence-electron chi connectivity index (χ2n) is 3.19. The number of oxime groups is 1. The second-order valence-corrected chi connectivity index (χ2v) is 3.19. The number of nitrogens with zero attached hydrogens (tertiary/aromatic N) is 1. The van der Waals surface area contributed by atoms with Gasteiger partial charge in [0.1, 0.15) is 6.10 Å². The van der Waals surface area contributed by atoms with Gasteiger partial charge in [0, 0.05) is 6.04 Å². The van der Waals surface area contributed by atoms with Crippen molar-refractivity contribution in [1.29, 1.82) is 0 Å². The van der Waals surface area contributed by atoms with Crippen LogP contribution < -0.4 is 5.73 Å². The van der Waals surface area contributed by atoms with E-state index in [9.17, 15) is 4.79 Å². The minimum Gasteiger partial charge on any atom is -0.477 e. The van der Waals surface area contributed by atoms with Gasteiger partial charge in [-0.05, 0) is 12.8 Å². The standard InChI is InChI=1S/C7H10N2O3/c8-3-1-2-4-5(3)6(7(10)11)9-12-4/h3-5H,1-2,8H2,(H,10,11)/t3-,4+,5-/m1/s1. The molecule has 1 fully saturated rings. The van der Waals surface area contributed by atoms with Crippen LogP contribution in [0.3, 0.4) is 0 Å². The molecule has 1 aliphatic carbocycles. The van der Waals surface area contributed by atoms with Crippen molar-refractivity contribution >= 4 is 11.7 Å². The van der Waals surface area contributed by atoms with E-state index in [2.05, 4.69) is 5.16 Å². The summed E-state index contributed by atoms with van der Waals surface area (Å²) in [6, 6.07) is -0.104. The molecule has 0 saturated heterocycles. The Kier molecular flexibility index (Phi) is 1.54. The second kappa shape index (κ2) is 2.45. The summed E-state index contributed by atoms with van der Waals surface area (Å²) in [5.74, 6) is -1.21. The van der Waals surface area contributed by atoms with E-state index in [4.69, 9.17) is 15.7 Å². The normalized spacial score (nSPS) is 38.8. The molecule has 5 heteroatoms. The SMILES string of the molecule is N[C@@H]1CC[C@@H]2ON=C(C(=O)O)[C@H]12. The first-order valence-electron chi connectivity index (χ1n) is 3.92. The number of carboxylic acid groups (broad SMARTS) is 1. The van der Waals surface area contributed by atoms with Gasteiger partial charge in [0.15, 0.2) is 5.71 Å². The zero-order valence-electron chi connectivity index (χ0n) is 6.43. The van der Waals surface area contributed by atoms with Crippen molar-refractivity contribution in [3.63, 3.8) is 0 Å². The molecule has 0 aromatic carbocycles. The molecule has 0 aromatic heterocycles. The van der Waals surface area contributed by atoms with Gasteiger partial charge in [-0.3, -0.25) is 0 Å². The van der Waals surface area contributed by atoms with Gasteiger partial charge in [-0.2, -0.15) is 0 Å². The van der Waals surface area contributed by atoms with E-state index < -0.39 is 5.97 Å². The smallest absolute Gasteiger partial charge is 0.354 e. The van der Waals surface area contributed by atoms with Crippen LogP contribution in [-0.4, -0.2) is 28.9 Å². The van der Waals surface area contributed by atoms with E-state index >= 15 is 0 Å². The lowest BCUT2D eigenvalue weighted by Crippen LogP contribution is -2.36. The third-order valence-electron chi connectivity index (χ3n) is 2.47. The maximum atomic E-state index is 10.6. The van der Waals surface area contributed by atoms with Gasteiger partial charge in [0.05, 0.1) is 5.92 Å². The average molecular weight is 170 g/mol. The highest BCUT2D eigenvalue weighted by atomic mass is 16.6. The summed E-state index contributed by atoms with van der Waals surface area (Å²) in [5, 5.41) is 12.2. The Morgan fingerprint density at radius 3 is 3.08 bits per heavy atom. The number of carboxylic acids is 1. The summed E-state index contributed by atoms with van der Waals surface area (Å²) in [6.07, 6.45) is 1.54. The molecule has 1 saturated carbocycles. The average Bonchev–Trinajstić information content (AvgIpc) is 2.53.